The highest BCUT2D eigenvalue weighted by Crippen LogP contribution is 2.17. The molecule has 1 aromatic carbocycles. The normalized spacial score (nSPS) is 12.8. The average Bonchev–Trinajstić information content (AvgIpc) is 2.41. The van der Waals surface area contributed by atoms with Crippen molar-refractivity contribution in [3.63, 3.8) is 0 Å². The van der Waals surface area contributed by atoms with E-state index in [1.807, 2.05) is 0 Å². The first-order chi connectivity index (χ1) is 9.61. The summed E-state index contributed by atoms with van der Waals surface area (Å²) in [6, 6.07) is 8.78. The SMILES string of the molecule is CCSCCC(CNCC(C)C)Cc1ccc(Br)cc1. The van der Waals surface area contributed by atoms with Gasteiger partial charge in [-0.05, 0) is 67.0 Å². The molecule has 0 aliphatic rings. The largest absolute Gasteiger partial charge is 0.316 e. The fraction of sp³-hybridized carbons (Fsp3) is 0.647. The zero-order valence-corrected chi connectivity index (χ0v) is 15.4. The summed E-state index contributed by atoms with van der Waals surface area (Å²) in [5.41, 5.74) is 1.45. The third kappa shape index (κ3) is 8.33. The van der Waals surface area contributed by atoms with E-state index in [-0.39, 0.29) is 0 Å². The van der Waals surface area contributed by atoms with E-state index in [9.17, 15) is 0 Å². The molecular formula is C17H28BrNS. The number of hydrogen-bond donors (Lipinski definition) is 1. The first-order valence-electron chi connectivity index (χ1n) is 7.64. The summed E-state index contributed by atoms with van der Waals surface area (Å²) in [5.74, 6) is 3.98. The second-order valence-electron chi connectivity index (χ2n) is 5.73. The van der Waals surface area contributed by atoms with Crippen LogP contribution in [-0.2, 0) is 6.42 Å². The zero-order chi connectivity index (χ0) is 14.8. The average molecular weight is 358 g/mol. The number of hydrogen-bond acceptors (Lipinski definition) is 2. The molecule has 1 nitrogen and oxygen atoms in total. The van der Waals surface area contributed by atoms with Gasteiger partial charge in [0.05, 0.1) is 0 Å². The molecule has 0 spiro atoms. The van der Waals surface area contributed by atoms with Gasteiger partial charge in [0.2, 0.25) is 0 Å². The van der Waals surface area contributed by atoms with Gasteiger partial charge in [0.15, 0.2) is 0 Å². The Balaban J connectivity index is 2.45. The monoisotopic (exact) mass is 357 g/mol. The van der Waals surface area contributed by atoms with Gasteiger partial charge in [-0.25, -0.2) is 0 Å². The van der Waals surface area contributed by atoms with Gasteiger partial charge >= 0.3 is 0 Å². The molecule has 0 aliphatic carbocycles. The quantitative estimate of drug-likeness (QED) is 0.591. The molecule has 0 aliphatic heterocycles. The van der Waals surface area contributed by atoms with Crippen molar-refractivity contribution >= 4 is 27.7 Å². The Morgan fingerprint density at radius 3 is 2.45 bits per heavy atom. The topological polar surface area (TPSA) is 12.0 Å². The van der Waals surface area contributed by atoms with Gasteiger partial charge in [-0.1, -0.05) is 48.8 Å². The van der Waals surface area contributed by atoms with E-state index in [1.54, 1.807) is 0 Å². The molecule has 1 atom stereocenters. The molecule has 114 valence electrons. The van der Waals surface area contributed by atoms with E-state index in [4.69, 9.17) is 0 Å². The summed E-state index contributed by atoms with van der Waals surface area (Å²) in [6.07, 6.45) is 2.49. The van der Waals surface area contributed by atoms with Crippen molar-refractivity contribution in [1.29, 1.82) is 0 Å². The maximum atomic E-state index is 3.62. The zero-order valence-electron chi connectivity index (χ0n) is 13.0. The Morgan fingerprint density at radius 2 is 1.85 bits per heavy atom. The number of halogens is 1. The predicted molar refractivity (Wildman–Crippen MR) is 96.7 cm³/mol. The van der Waals surface area contributed by atoms with Crippen LogP contribution >= 0.6 is 27.7 Å². The van der Waals surface area contributed by atoms with Crippen molar-refractivity contribution in [2.24, 2.45) is 11.8 Å². The lowest BCUT2D eigenvalue weighted by molar-refractivity contribution is 0.440. The first kappa shape index (κ1) is 18.1. The summed E-state index contributed by atoms with van der Waals surface area (Å²) < 4.78 is 1.16. The van der Waals surface area contributed by atoms with Gasteiger partial charge in [0, 0.05) is 4.47 Å². The number of nitrogens with one attached hydrogen (secondary N) is 1. The van der Waals surface area contributed by atoms with Gasteiger partial charge in [0.1, 0.15) is 0 Å². The van der Waals surface area contributed by atoms with Crippen molar-refractivity contribution in [1.82, 2.24) is 5.32 Å². The molecule has 0 fully saturated rings. The van der Waals surface area contributed by atoms with Crippen LogP contribution in [-0.4, -0.2) is 24.6 Å². The van der Waals surface area contributed by atoms with Crippen molar-refractivity contribution in [3.8, 4) is 0 Å². The van der Waals surface area contributed by atoms with Crippen LogP contribution in [0.25, 0.3) is 0 Å². The van der Waals surface area contributed by atoms with Gasteiger partial charge in [0.25, 0.3) is 0 Å². The van der Waals surface area contributed by atoms with Crippen LogP contribution in [0.2, 0.25) is 0 Å². The third-order valence-corrected chi connectivity index (χ3v) is 4.76. The lowest BCUT2D eigenvalue weighted by Gasteiger charge is -2.18. The van der Waals surface area contributed by atoms with E-state index in [0.29, 0.717) is 0 Å². The second-order valence-corrected chi connectivity index (χ2v) is 8.04. The highest BCUT2D eigenvalue weighted by Gasteiger charge is 2.10. The highest BCUT2D eigenvalue weighted by molar-refractivity contribution is 9.10. The lowest BCUT2D eigenvalue weighted by atomic mass is 9.96. The molecule has 0 bridgehead atoms. The Morgan fingerprint density at radius 1 is 1.15 bits per heavy atom. The molecule has 0 saturated heterocycles. The minimum absolute atomic E-state index is 0.730. The van der Waals surface area contributed by atoms with Crippen LogP contribution in [0.3, 0.4) is 0 Å². The summed E-state index contributed by atoms with van der Waals surface area (Å²) in [6.45, 7) is 9.04. The van der Waals surface area contributed by atoms with Gasteiger partial charge in [-0.3, -0.25) is 0 Å². The molecule has 0 radical (unpaired) electrons. The van der Waals surface area contributed by atoms with Crippen LogP contribution in [0.5, 0.6) is 0 Å². The lowest BCUT2D eigenvalue weighted by Crippen LogP contribution is -2.28. The van der Waals surface area contributed by atoms with Crippen LogP contribution in [0.4, 0.5) is 0 Å². The Hall–Kier alpha value is 0.01000. The van der Waals surface area contributed by atoms with E-state index < -0.39 is 0 Å². The van der Waals surface area contributed by atoms with Gasteiger partial charge in [-0.2, -0.15) is 11.8 Å². The summed E-state index contributed by atoms with van der Waals surface area (Å²) in [5, 5.41) is 3.62. The van der Waals surface area contributed by atoms with Crippen LogP contribution in [0.15, 0.2) is 28.7 Å². The smallest absolute Gasteiger partial charge is 0.0175 e. The minimum atomic E-state index is 0.730. The van der Waals surface area contributed by atoms with Crippen LogP contribution in [0, 0.1) is 11.8 Å². The second kappa shape index (κ2) is 10.7. The van der Waals surface area contributed by atoms with E-state index >= 15 is 0 Å². The van der Waals surface area contributed by atoms with Crippen molar-refractivity contribution in [2.75, 3.05) is 24.6 Å². The highest BCUT2D eigenvalue weighted by atomic mass is 79.9. The molecule has 0 aromatic heterocycles. The molecule has 1 N–H and O–H groups in total. The molecule has 3 heteroatoms. The number of benzene rings is 1. The summed E-state index contributed by atoms with van der Waals surface area (Å²) in [4.78, 5) is 0. The predicted octanol–water partition coefficient (Wildman–Crippen LogP) is 5.00. The molecule has 0 amide bonds. The molecule has 20 heavy (non-hydrogen) atoms. The third-order valence-electron chi connectivity index (χ3n) is 3.30. The molecule has 0 saturated carbocycles. The Kier molecular flexibility index (Phi) is 9.66. The van der Waals surface area contributed by atoms with E-state index in [0.717, 1.165) is 29.4 Å². The number of thioether (sulfide) groups is 1. The maximum Gasteiger partial charge on any atom is 0.0175 e. The molecule has 1 aromatic rings. The molecular weight excluding hydrogens is 330 g/mol. The van der Waals surface area contributed by atoms with E-state index in [1.165, 1.54) is 29.9 Å². The van der Waals surface area contributed by atoms with Crippen LogP contribution in [0.1, 0.15) is 32.8 Å². The summed E-state index contributed by atoms with van der Waals surface area (Å²) >= 11 is 5.56. The Bertz CT molecular complexity index is 351. The minimum Gasteiger partial charge on any atom is -0.316 e. The van der Waals surface area contributed by atoms with Gasteiger partial charge in [-0.15, -0.1) is 0 Å². The number of rotatable bonds is 10. The Labute approximate surface area is 137 Å². The van der Waals surface area contributed by atoms with Crippen molar-refractivity contribution in [3.05, 3.63) is 34.3 Å². The standard InChI is InChI=1S/C17H28BrNS/c1-4-20-10-9-16(13-19-12-14(2)3)11-15-5-7-17(18)8-6-15/h5-8,14,16,19H,4,9-13H2,1-3H3. The van der Waals surface area contributed by atoms with Gasteiger partial charge < -0.3 is 5.32 Å². The van der Waals surface area contributed by atoms with Crippen LogP contribution < -0.4 is 5.32 Å². The first-order valence-corrected chi connectivity index (χ1v) is 9.59. The fourth-order valence-corrected chi connectivity index (χ4v) is 3.25. The fourth-order valence-electron chi connectivity index (χ4n) is 2.20. The summed E-state index contributed by atoms with van der Waals surface area (Å²) in [7, 11) is 0. The van der Waals surface area contributed by atoms with Crippen molar-refractivity contribution in [2.45, 2.75) is 33.6 Å². The van der Waals surface area contributed by atoms with Crippen molar-refractivity contribution < 1.29 is 0 Å². The van der Waals surface area contributed by atoms with E-state index in [2.05, 4.69) is 78.0 Å². The molecule has 1 rings (SSSR count). The molecule has 0 heterocycles. The maximum absolute atomic E-state index is 3.62. The molecule has 1 unspecified atom stereocenters.